The fourth-order valence-electron chi connectivity index (χ4n) is 3.51. The number of aromatic nitrogens is 3. The van der Waals surface area contributed by atoms with Crippen LogP contribution in [0, 0.1) is 0 Å². The number of rotatable bonds is 1. The minimum Gasteiger partial charge on any atom is -0.383 e. The highest BCUT2D eigenvalue weighted by Crippen LogP contribution is 2.49. The molecule has 19 heavy (non-hydrogen) atoms. The van der Waals surface area contributed by atoms with Gasteiger partial charge in [0, 0.05) is 22.9 Å². The molecule has 2 bridgehead atoms. The molecule has 4 nitrogen and oxygen atoms in total. The van der Waals surface area contributed by atoms with Crippen molar-refractivity contribution in [2.45, 2.75) is 48.2 Å². The summed E-state index contributed by atoms with van der Waals surface area (Å²) in [5.74, 6) is 0. The van der Waals surface area contributed by atoms with Crippen molar-refractivity contribution in [2.24, 2.45) is 0 Å². The van der Waals surface area contributed by atoms with E-state index in [9.17, 15) is 5.11 Å². The van der Waals surface area contributed by atoms with Crippen LogP contribution in [0.4, 0.5) is 0 Å². The van der Waals surface area contributed by atoms with E-state index in [2.05, 4.69) is 21.7 Å². The molecule has 2 aromatic rings. The summed E-state index contributed by atoms with van der Waals surface area (Å²) in [5.41, 5.74) is 1.03. The minimum atomic E-state index is -0.720. The predicted octanol–water partition coefficient (Wildman–Crippen LogP) is 2.37. The zero-order chi connectivity index (χ0) is 12.9. The van der Waals surface area contributed by atoms with Crippen molar-refractivity contribution in [2.75, 3.05) is 0 Å². The van der Waals surface area contributed by atoms with Crippen molar-refractivity contribution in [3.63, 3.8) is 0 Å². The molecule has 2 aromatic heterocycles. The number of thioether (sulfide) groups is 1. The Hall–Kier alpha value is -1.07. The average Bonchev–Trinajstić information content (AvgIpc) is 2.82. The predicted molar refractivity (Wildman–Crippen MR) is 75.1 cm³/mol. The van der Waals surface area contributed by atoms with Crippen molar-refractivity contribution in [3.05, 3.63) is 30.5 Å². The fraction of sp³-hybridized carbons (Fsp3) is 0.571. The Kier molecular flexibility index (Phi) is 2.60. The van der Waals surface area contributed by atoms with Crippen LogP contribution < -0.4 is 0 Å². The molecule has 4 rings (SSSR count). The first kappa shape index (κ1) is 11.7. The van der Waals surface area contributed by atoms with Crippen molar-refractivity contribution in [1.29, 1.82) is 0 Å². The van der Waals surface area contributed by atoms with Gasteiger partial charge in [-0.3, -0.25) is 9.38 Å². The number of imidazole rings is 1. The van der Waals surface area contributed by atoms with Gasteiger partial charge in [0.05, 0.1) is 18.1 Å². The highest BCUT2D eigenvalue weighted by Gasteiger charge is 2.44. The molecule has 5 heteroatoms. The van der Waals surface area contributed by atoms with Gasteiger partial charge in [0.2, 0.25) is 0 Å². The maximum absolute atomic E-state index is 11.1. The zero-order valence-electron chi connectivity index (χ0n) is 10.7. The first-order valence-electron chi connectivity index (χ1n) is 6.90. The lowest BCUT2D eigenvalue weighted by atomic mass is 9.83. The third-order valence-electron chi connectivity index (χ3n) is 4.36. The summed E-state index contributed by atoms with van der Waals surface area (Å²) in [7, 11) is 0. The number of hydrogen-bond acceptors (Lipinski definition) is 4. The van der Waals surface area contributed by atoms with Crippen molar-refractivity contribution in [3.8, 4) is 0 Å². The van der Waals surface area contributed by atoms with E-state index in [1.54, 1.807) is 12.4 Å². The molecule has 2 fully saturated rings. The molecular formula is C14H17N3OS. The van der Waals surface area contributed by atoms with Crippen LogP contribution in [0.25, 0.3) is 5.65 Å². The van der Waals surface area contributed by atoms with E-state index in [1.165, 1.54) is 19.3 Å². The van der Waals surface area contributed by atoms with Crippen LogP contribution in [0.3, 0.4) is 0 Å². The smallest absolute Gasteiger partial charge is 0.155 e. The van der Waals surface area contributed by atoms with Crippen molar-refractivity contribution < 1.29 is 5.11 Å². The molecule has 1 N–H and O–H groups in total. The van der Waals surface area contributed by atoms with Gasteiger partial charge in [0.15, 0.2) is 5.65 Å². The molecule has 0 radical (unpaired) electrons. The highest BCUT2D eigenvalue weighted by molar-refractivity contribution is 8.00. The van der Waals surface area contributed by atoms with Crippen LogP contribution in [0.5, 0.6) is 0 Å². The van der Waals surface area contributed by atoms with E-state index in [-0.39, 0.29) is 0 Å². The molecule has 2 atom stereocenters. The summed E-state index contributed by atoms with van der Waals surface area (Å²) in [5, 5.41) is 12.3. The maximum atomic E-state index is 11.1. The largest absolute Gasteiger partial charge is 0.383 e. The molecule has 0 aliphatic carbocycles. The molecule has 2 unspecified atom stereocenters. The molecule has 4 heterocycles. The van der Waals surface area contributed by atoms with Crippen LogP contribution in [-0.4, -0.2) is 30.0 Å². The molecule has 0 spiro atoms. The zero-order valence-corrected chi connectivity index (χ0v) is 11.5. The Morgan fingerprint density at radius 1 is 1.26 bits per heavy atom. The van der Waals surface area contributed by atoms with E-state index in [4.69, 9.17) is 0 Å². The van der Waals surface area contributed by atoms with Crippen LogP contribution >= 0.6 is 11.8 Å². The van der Waals surface area contributed by atoms with E-state index in [0.29, 0.717) is 10.5 Å². The van der Waals surface area contributed by atoms with Crippen LogP contribution in [-0.2, 0) is 5.60 Å². The molecule has 100 valence electrons. The summed E-state index contributed by atoms with van der Waals surface area (Å²) < 4.78 is 1.98. The van der Waals surface area contributed by atoms with Gasteiger partial charge in [-0.25, -0.2) is 4.98 Å². The second-order valence-electron chi connectivity index (χ2n) is 5.70. The Bertz CT molecular complexity index is 600. The van der Waals surface area contributed by atoms with Gasteiger partial charge >= 0.3 is 0 Å². The molecule has 2 aliphatic heterocycles. The Morgan fingerprint density at radius 3 is 2.84 bits per heavy atom. The summed E-state index contributed by atoms with van der Waals surface area (Å²) in [4.78, 5) is 8.45. The van der Waals surface area contributed by atoms with E-state index < -0.39 is 5.60 Å². The lowest BCUT2D eigenvalue weighted by Crippen LogP contribution is -2.41. The van der Waals surface area contributed by atoms with Gasteiger partial charge in [-0.1, -0.05) is 6.42 Å². The van der Waals surface area contributed by atoms with Crippen molar-refractivity contribution in [1.82, 2.24) is 14.4 Å². The molecule has 2 aliphatic rings. The van der Waals surface area contributed by atoms with Gasteiger partial charge in [-0.2, -0.15) is 11.8 Å². The first-order valence-corrected chi connectivity index (χ1v) is 7.84. The fourth-order valence-corrected chi connectivity index (χ4v) is 5.41. The van der Waals surface area contributed by atoms with E-state index >= 15 is 0 Å². The standard InChI is InChI=1S/C14H17N3OS/c18-14(6-10-2-1-3-11(7-14)19-10)12-8-16-13-9-15-4-5-17(12)13/h4-5,8-11,18H,1-3,6-7H2. The monoisotopic (exact) mass is 275 g/mol. The Morgan fingerprint density at radius 2 is 2.05 bits per heavy atom. The average molecular weight is 275 g/mol. The number of fused-ring (bicyclic) bond motifs is 3. The van der Waals surface area contributed by atoms with Gasteiger partial charge in [0.25, 0.3) is 0 Å². The SMILES string of the molecule is OC1(c2cnc3cnccn23)CC2CCCC(C1)S2. The van der Waals surface area contributed by atoms with Crippen LogP contribution in [0.15, 0.2) is 24.8 Å². The Labute approximate surface area is 116 Å². The normalized spacial score (nSPS) is 34.6. The second kappa shape index (κ2) is 4.21. The first-order chi connectivity index (χ1) is 9.24. The molecular weight excluding hydrogens is 258 g/mol. The van der Waals surface area contributed by atoms with E-state index in [1.807, 2.05) is 16.8 Å². The van der Waals surface area contributed by atoms with Gasteiger partial charge < -0.3 is 5.11 Å². The number of aliphatic hydroxyl groups is 1. The van der Waals surface area contributed by atoms with Gasteiger partial charge in [0.1, 0.15) is 5.60 Å². The number of hydrogen-bond donors (Lipinski definition) is 1. The van der Waals surface area contributed by atoms with Crippen LogP contribution in [0.2, 0.25) is 0 Å². The number of nitrogens with zero attached hydrogens (tertiary/aromatic N) is 3. The third kappa shape index (κ3) is 1.87. The third-order valence-corrected chi connectivity index (χ3v) is 5.94. The summed E-state index contributed by atoms with van der Waals surface area (Å²) in [6.07, 6.45) is 12.7. The molecule has 0 aromatic carbocycles. The molecule has 0 amide bonds. The summed E-state index contributed by atoms with van der Waals surface area (Å²) in [6.45, 7) is 0. The summed E-state index contributed by atoms with van der Waals surface area (Å²) >= 11 is 2.08. The topological polar surface area (TPSA) is 50.4 Å². The van der Waals surface area contributed by atoms with E-state index in [0.717, 1.165) is 24.2 Å². The minimum absolute atomic E-state index is 0.602. The Balaban J connectivity index is 1.78. The summed E-state index contributed by atoms with van der Waals surface area (Å²) in [6, 6.07) is 0. The van der Waals surface area contributed by atoms with Gasteiger partial charge in [-0.05, 0) is 25.7 Å². The second-order valence-corrected chi connectivity index (χ2v) is 7.30. The van der Waals surface area contributed by atoms with Crippen molar-refractivity contribution >= 4 is 17.4 Å². The molecule has 0 saturated carbocycles. The molecule has 2 saturated heterocycles. The highest BCUT2D eigenvalue weighted by atomic mass is 32.2. The van der Waals surface area contributed by atoms with Gasteiger partial charge in [-0.15, -0.1) is 0 Å². The van der Waals surface area contributed by atoms with Crippen LogP contribution in [0.1, 0.15) is 37.8 Å². The lowest BCUT2D eigenvalue weighted by Gasteiger charge is -2.43. The maximum Gasteiger partial charge on any atom is 0.155 e. The quantitative estimate of drug-likeness (QED) is 0.868. The lowest BCUT2D eigenvalue weighted by molar-refractivity contribution is 0.00329.